The summed E-state index contributed by atoms with van der Waals surface area (Å²) < 4.78 is 41.9. The number of methoxy groups -OCH3 is 3. The first kappa shape index (κ1) is 20.7. The van der Waals surface area contributed by atoms with Gasteiger partial charge < -0.3 is 14.2 Å². The summed E-state index contributed by atoms with van der Waals surface area (Å²) in [6.07, 6.45) is 0.493. The average Bonchev–Trinajstić information content (AvgIpc) is 2.70. The first-order chi connectivity index (χ1) is 12.8. The number of benzene rings is 2. The van der Waals surface area contributed by atoms with E-state index in [-0.39, 0.29) is 17.0 Å². The van der Waals surface area contributed by atoms with E-state index in [9.17, 15) is 13.2 Å². The molecule has 7 nitrogen and oxygen atoms in total. The van der Waals surface area contributed by atoms with Crippen LogP contribution >= 0.6 is 0 Å². The van der Waals surface area contributed by atoms with E-state index in [1.165, 1.54) is 42.7 Å². The summed E-state index contributed by atoms with van der Waals surface area (Å²) in [6.45, 7) is 0.264. The van der Waals surface area contributed by atoms with Crippen molar-refractivity contribution in [3.8, 4) is 11.5 Å². The lowest BCUT2D eigenvalue weighted by molar-refractivity contribution is 0.0600. The van der Waals surface area contributed by atoms with Gasteiger partial charge in [-0.2, -0.15) is 0 Å². The van der Waals surface area contributed by atoms with Gasteiger partial charge in [-0.1, -0.05) is 12.1 Å². The number of sulfonamides is 1. The van der Waals surface area contributed by atoms with Crippen molar-refractivity contribution in [1.29, 1.82) is 0 Å². The van der Waals surface area contributed by atoms with E-state index in [4.69, 9.17) is 9.47 Å². The number of ether oxygens (including phenoxy) is 3. The molecule has 0 fully saturated rings. The zero-order chi connectivity index (χ0) is 20.0. The van der Waals surface area contributed by atoms with E-state index < -0.39 is 16.0 Å². The van der Waals surface area contributed by atoms with Gasteiger partial charge in [0.05, 0.1) is 31.8 Å². The molecule has 2 aromatic carbocycles. The van der Waals surface area contributed by atoms with Gasteiger partial charge >= 0.3 is 5.97 Å². The molecule has 0 aliphatic rings. The first-order valence-electron chi connectivity index (χ1n) is 8.19. The minimum atomic E-state index is -3.73. The van der Waals surface area contributed by atoms with Crippen molar-refractivity contribution >= 4 is 16.0 Å². The zero-order valence-corrected chi connectivity index (χ0v) is 16.6. The number of carbonyl (C=O) groups is 1. The van der Waals surface area contributed by atoms with Crippen molar-refractivity contribution in [2.75, 3.05) is 34.9 Å². The maximum atomic E-state index is 12.8. The van der Waals surface area contributed by atoms with Gasteiger partial charge in [-0.15, -0.1) is 0 Å². The highest BCUT2D eigenvalue weighted by molar-refractivity contribution is 7.89. The second-order valence-electron chi connectivity index (χ2n) is 5.79. The lowest BCUT2D eigenvalue weighted by Gasteiger charge is -2.18. The Hall–Kier alpha value is -2.58. The summed E-state index contributed by atoms with van der Waals surface area (Å²) in [7, 11) is 2.12. The highest BCUT2D eigenvalue weighted by Crippen LogP contribution is 2.28. The van der Waals surface area contributed by atoms with Crippen LogP contribution in [0.5, 0.6) is 11.5 Å². The van der Waals surface area contributed by atoms with E-state index in [2.05, 4.69) is 4.74 Å². The van der Waals surface area contributed by atoms with Gasteiger partial charge in [-0.3, -0.25) is 0 Å². The van der Waals surface area contributed by atoms with E-state index in [0.717, 1.165) is 5.56 Å². The van der Waals surface area contributed by atoms with Crippen LogP contribution in [0.2, 0.25) is 0 Å². The third-order valence-corrected chi connectivity index (χ3v) is 5.98. The predicted molar refractivity (Wildman–Crippen MR) is 101 cm³/mol. The number of nitrogens with zero attached hydrogens (tertiary/aromatic N) is 1. The molecule has 146 valence electrons. The molecule has 8 heteroatoms. The first-order valence-corrected chi connectivity index (χ1v) is 9.63. The van der Waals surface area contributed by atoms with Gasteiger partial charge in [0.1, 0.15) is 0 Å². The number of hydrogen-bond donors (Lipinski definition) is 0. The fourth-order valence-electron chi connectivity index (χ4n) is 2.52. The molecular weight excluding hydrogens is 370 g/mol. The van der Waals surface area contributed by atoms with Gasteiger partial charge in [0.15, 0.2) is 11.5 Å². The quantitative estimate of drug-likeness (QED) is 0.641. The summed E-state index contributed by atoms with van der Waals surface area (Å²) in [5, 5.41) is 0. The van der Waals surface area contributed by atoms with Crippen LogP contribution in [0.4, 0.5) is 0 Å². The number of rotatable bonds is 8. The largest absolute Gasteiger partial charge is 0.493 e. The molecule has 27 heavy (non-hydrogen) atoms. The third kappa shape index (κ3) is 4.78. The van der Waals surface area contributed by atoms with E-state index in [1.54, 1.807) is 20.3 Å². The van der Waals surface area contributed by atoms with Crippen LogP contribution in [0.25, 0.3) is 0 Å². The lowest BCUT2D eigenvalue weighted by Crippen LogP contribution is -2.29. The van der Waals surface area contributed by atoms with Crippen molar-refractivity contribution < 1.29 is 27.4 Å². The second-order valence-corrected chi connectivity index (χ2v) is 7.83. The Bertz CT molecular complexity index is 910. The number of esters is 1. The molecule has 2 rings (SSSR count). The zero-order valence-electron chi connectivity index (χ0n) is 15.8. The van der Waals surface area contributed by atoms with Crippen LogP contribution < -0.4 is 9.47 Å². The van der Waals surface area contributed by atoms with E-state index >= 15 is 0 Å². The van der Waals surface area contributed by atoms with Gasteiger partial charge in [-0.25, -0.2) is 17.5 Å². The van der Waals surface area contributed by atoms with Crippen LogP contribution in [-0.2, 0) is 21.2 Å². The molecule has 0 bridgehead atoms. The topological polar surface area (TPSA) is 82.1 Å². The fraction of sp³-hybridized carbons (Fsp3) is 0.316. The molecule has 0 saturated carbocycles. The van der Waals surface area contributed by atoms with E-state index in [1.807, 2.05) is 12.1 Å². The Morgan fingerprint density at radius 1 is 1.00 bits per heavy atom. The third-order valence-electron chi connectivity index (χ3n) is 4.13. The van der Waals surface area contributed by atoms with Crippen molar-refractivity contribution in [3.63, 3.8) is 0 Å². The molecule has 2 aromatic rings. The van der Waals surface area contributed by atoms with Crippen molar-refractivity contribution in [1.82, 2.24) is 4.31 Å². The second kappa shape index (κ2) is 8.88. The minimum Gasteiger partial charge on any atom is -0.493 e. The van der Waals surface area contributed by atoms with Crippen molar-refractivity contribution in [2.45, 2.75) is 11.3 Å². The molecule has 0 saturated heterocycles. The fourth-order valence-corrected chi connectivity index (χ4v) is 3.74. The molecule has 0 aromatic heterocycles. The molecular formula is C19H23NO6S. The number of hydrogen-bond acceptors (Lipinski definition) is 6. The van der Waals surface area contributed by atoms with Crippen LogP contribution in [0.3, 0.4) is 0 Å². The van der Waals surface area contributed by atoms with Gasteiger partial charge in [0, 0.05) is 13.6 Å². The highest BCUT2D eigenvalue weighted by Gasteiger charge is 2.22. The Morgan fingerprint density at radius 3 is 2.33 bits per heavy atom. The van der Waals surface area contributed by atoms with Crippen LogP contribution in [0.15, 0.2) is 47.4 Å². The number of carbonyl (C=O) groups excluding carboxylic acids is 1. The maximum absolute atomic E-state index is 12.8. The summed E-state index contributed by atoms with van der Waals surface area (Å²) in [5.41, 5.74) is 1.10. The standard InChI is InChI=1S/C19H23NO6S/c1-20(11-10-14-8-9-17(24-2)18(12-14)25-3)27(22,23)16-7-5-6-15(13-16)19(21)26-4/h5-9,12-13H,10-11H2,1-4H3. The van der Waals surface area contributed by atoms with Crippen LogP contribution in [0, 0.1) is 0 Å². The monoisotopic (exact) mass is 393 g/mol. The molecule has 0 spiro atoms. The molecule has 0 atom stereocenters. The lowest BCUT2D eigenvalue weighted by atomic mass is 10.1. The van der Waals surface area contributed by atoms with E-state index in [0.29, 0.717) is 17.9 Å². The van der Waals surface area contributed by atoms with Crippen LogP contribution in [-0.4, -0.2) is 53.6 Å². The SMILES string of the molecule is COC(=O)c1cccc(S(=O)(=O)N(C)CCc2ccc(OC)c(OC)c2)c1. The molecule has 0 radical (unpaired) electrons. The Morgan fingerprint density at radius 2 is 1.70 bits per heavy atom. The summed E-state index contributed by atoms with van der Waals surface area (Å²) in [4.78, 5) is 11.7. The Labute approximate surface area is 159 Å². The average molecular weight is 393 g/mol. The highest BCUT2D eigenvalue weighted by atomic mass is 32.2. The van der Waals surface area contributed by atoms with Crippen LogP contribution in [0.1, 0.15) is 15.9 Å². The van der Waals surface area contributed by atoms with Gasteiger partial charge in [-0.05, 0) is 42.3 Å². The smallest absolute Gasteiger partial charge is 0.337 e. The summed E-state index contributed by atoms with van der Waals surface area (Å²) in [5.74, 6) is 0.619. The number of likely N-dealkylation sites (N-methyl/N-ethyl adjacent to an activating group) is 1. The van der Waals surface area contributed by atoms with Gasteiger partial charge in [0.2, 0.25) is 10.0 Å². The summed E-state index contributed by atoms with van der Waals surface area (Å²) in [6, 6.07) is 11.2. The minimum absolute atomic E-state index is 0.0419. The molecule has 0 N–H and O–H groups in total. The molecule has 0 heterocycles. The van der Waals surface area contributed by atoms with Crippen molar-refractivity contribution in [2.24, 2.45) is 0 Å². The Balaban J connectivity index is 2.15. The molecule has 0 unspecified atom stereocenters. The van der Waals surface area contributed by atoms with Crippen molar-refractivity contribution in [3.05, 3.63) is 53.6 Å². The molecule has 0 amide bonds. The maximum Gasteiger partial charge on any atom is 0.337 e. The van der Waals surface area contributed by atoms with Gasteiger partial charge in [0.25, 0.3) is 0 Å². The predicted octanol–water partition coefficient (Wildman–Crippen LogP) is 2.35. The Kier molecular flexibility index (Phi) is 6.81. The molecule has 0 aliphatic carbocycles. The summed E-state index contributed by atoms with van der Waals surface area (Å²) >= 11 is 0. The normalized spacial score (nSPS) is 11.3. The molecule has 0 aliphatic heterocycles.